The van der Waals surface area contributed by atoms with Gasteiger partial charge >= 0.3 is 16.2 Å². The lowest BCUT2D eigenvalue weighted by Gasteiger charge is -2.31. The van der Waals surface area contributed by atoms with Gasteiger partial charge in [0.05, 0.1) is 0 Å². The van der Waals surface area contributed by atoms with Crippen LogP contribution in [-0.2, 0) is 15.0 Å². The lowest BCUT2D eigenvalue weighted by Crippen LogP contribution is -2.44. The van der Waals surface area contributed by atoms with Gasteiger partial charge in [0.1, 0.15) is 0 Å². The number of hydrogen-bond donors (Lipinski definition) is 2. The summed E-state index contributed by atoms with van der Waals surface area (Å²) < 4.78 is 28.5. The highest BCUT2D eigenvalue weighted by atomic mass is 32.2. The van der Waals surface area contributed by atoms with Crippen LogP contribution in [0.1, 0.15) is 31.1 Å². The van der Waals surface area contributed by atoms with E-state index in [1.54, 1.807) is 0 Å². The Balaban J connectivity index is 2.08. The molecule has 0 aliphatic carbocycles. The van der Waals surface area contributed by atoms with Crippen molar-refractivity contribution < 1.29 is 18.3 Å². The largest absolute Gasteiger partial charge is 0.478 e. The molecule has 1 atom stereocenters. The summed E-state index contributed by atoms with van der Waals surface area (Å²) in [5, 5.41) is 8.78. The van der Waals surface area contributed by atoms with Gasteiger partial charge in [-0.15, -0.1) is 0 Å². The average Bonchev–Trinajstić information content (AvgIpc) is 2.83. The third kappa shape index (κ3) is 4.26. The summed E-state index contributed by atoms with van der Waals surface area (Å²) in [6.07, 6.45) is 6.54. The third-order valence-electron chi connectivity index (χ3n) is 3.18. The minimum absolute atomic E-state index is 0.0254. The highest BCUT2D eigenvalue weighted by Crippen LogP contribution is 2.24. The predicted octanol–water partition coefficient (Wildman–Crippen LogP) is 1.77. The quantitative estimate of drug-likeness (QED) is 0.801. The Morgan fingerprint density at radius 3 is 3.00 bits per heavy atom. The van der Waals surface area contributed by atoms with Crippen LogP contribution in [-0.4, -0.2) is 41.4 Å². The molecule has 1 aromatic rings. The number of thiazole rings is 1. The number of hydrogen-bond acceptors (Lipinski definition) is 5. The molecule has 1 unspecified atom stereocenters. The number of anilines is 1. The second-order valence-electron chi connectivity index (χ2n) is 4.80. The van der Waals surface area contributed by atoms with Crippen LogP contribution < -0.4 is 4.72 Å². The van der Waals surface area contributed by atoms with Gasteiger partial charge in [-0.3, -0.25) is 0 Å². The molecule has 7 nitrogen and oxygen atoms in total. The molecule has 0 spiro atoms. The zero-order chi connectivity index (χ0) is 15.5. The van der Waals surface area contributed by atoms with E-state index in [0.29, 0.717) is 11.4 Å². The fraction of sp³-hybridized carbons (Fsp3) is 0.500. The van der Waals surface area contributed by atoms with E-state index in [0.717, 1.165) is 36.7 Å². The Morgan fingerprint density at radius 2 is 2.33 bits per heavy atom. The molecule has 0 aromatic carbocycles. The standard InChI is InChI=1S/C12H17N3O4S2/c1-9-4-2-3-7-15(9)21(18,19)14-12-13-8-10(20-12)5-6-11(16)17/h5-6,8-9H,2-4,7H2,1H3,(H,13,14)(H,16,17). The number of rotatable bonds is 5. The SMILES string of the molecule is CC1CCCCN1S(=O)(=O)Nc1ncc(C=CC(=O)O)s1. The molecule has 9 heteroatoms. The van der Waals surface area contributed by atoms with E-state index in [1.807, 2.05) is 6.92 Å². The van der Waals surface area contributed by atoms with Crippen LogP contribution in [0.3, 0.4) is 0 Å². The normalized spacial score (nSPS) is 20.7. The van der Waals surface area contributed by atoms with Crippen LogP contribution in [0, 0.1) is 0 Å². The Labute approximate surface area is 127 Å². The van der Waals surface area contributed by atoms with Crippen molar-refractivity contribution in [1.82, 2.24) is 9.29 Å². The minimum atomic E-state index is -3.61. The van der Waals surface area contributed by atoms with Gasteiger partial charge in [0.15, 0.2) is 5.13 Å². The molecule has 1 aliphatic rings. The van der Waals surface area contributed by atoms with Gasteiger partial charge in [-0.25, -0.2) is 14.5 Å². The molecule has 116 valence electrons. The number of carbonyl (C=O) groups is 1. The van der Waals surface area contributed by atoms with Gasteiger partial charge in [0.25, 0.3) is 0 Å². The number of aromatic nitrogens is 1. The summed E-state index contributed by atoms with van der Waals surface area (Å²) in [5.41, 5.74) is 0. The zero-order valence-corrected chi connectivity index (χ0v) is 13.2. The van der Waals surface area contributed by atoms with Gasteiger partial charge in [0.2, 0.25) is 0 Å². The first-order valence-electron chi connectivity index (χ1n) is 6.55. The fourth-order valence-electron chi connectivity index (χ4n) is 2.16. The van der Waals surface area contributed by atoms with Crippen molar-refractivity contribution in [3.05, 3.63) is 17.2 Å². The maximum Gasteiger partial charge on any atom is 0.328 e. The third-order valence-corrected chi connectivity index (χ3v) is 5.80. The number of carboxylic acid groups (broad SMARTS) is 1. The van der Waals surface area contributed by atoms with E-state index in [4.69, 9.17) is 5.11 Å². The van der Waals surface area contributed by atoms with Crippen LogP contribution in [0.4, 0.5) is 5.13 Å². The van der Waals surface area contributed by atoms with Crippen LogP contribution >= 0.6 is 11.3 Å². The van der Waals surface area contributed by atoms with Crippen LogP contribution in [0.15, 0.2) is 12.3 Å². The van der Waals surface area contributed by atoms with E-state index >= 15 is 0 Å². The van der Waals surface area contributed by atoms with Gasteiger partial charge < -0.3 is 5.11 Å². The topological polar surface area (TPSA) is 99.6 Å². The Kier molecular flexibility index (Phi) is 4.96. The van der Waals surface area contributed by atoms with E-state index < -0.39 is 16.2 Å². The van der Waals surface area contributed by atoms with Crippen molar-refractivity contribution in [3.8, 4) is 0 Å². The van der Waals surface area contributed by atoms with Crippen molar-refractivity contribution in [1.29, 1.82) is 0 Å². The van der Waals surface area contributed by atoms with E-state index in [1.165, 1.54) is 16.6 Å². The van der Waals surface area contributed by atoms with Crippen molar-refractivity contribution in [2.45, 2.75) is 32.2 Å². The number of nitrogens with one attached hydrogen (secondary N) is 1. The highest BCUT2D eigenvalue weighted by molar-refractivity contribution is 7.90. The fourth-order valence-corrected chi connectivity index (χ4v) is 4.55. The molecule has 0 saturated carbocycles. The smallest absolute Gasteiger partial charge is 0.328 e. The molecule has 2 rings (SSSR count). The summed E-state index contributed by atoms with van der Waals surface area (Å²) in [7, 11) is -3.61. The minimum Gasteiger partial charge on any atom is -0.478 e. The van der Waals surface area contributed by atoms with E-state index in [-0.39, 0.29) is 11.2 Å². The first-order chi connectivity index (χ1) is 9.88. The molecule has 1 aliphatic heterocycles. The van der Waals surface area contributed by atoms with Crippen molar-refractivity contribution in [3.63, 3.8) is 0 Å². The molecule has 2 heterocycles. The predicted molar refractivity (Wildman–Crippen MR) is 81.3 cm³/mol. The summed E-state index contributed by atoms with van der Waals surface area (Å²) in [5.74, 6) is -1.06. The van der Waals surface area contributed by atoms with E-state index in [9.17, 15) is 13.2 Å². The molecule has 0 bridgehead atoms. The first kappa shape index (κ1) is 15.9. The Bertz CT molecular complexity index is 639. The second kappa shape index (κ2) is 6.54. The van der Waals surface area contributed by atoms with Crippen molar-refractivity contribution in [2.75, 3.05) is 11.3 Å². The number of piperidine rings is 1. The Morgan fingerprint density at radius 1 is 1.57 bits per heavy atom. The molecule has 1 fully saturated rings. The second-order valence-corrected chi connectivity index (χ2v) is 7.49. The van der Waals surface area contributed by atoms with Gasteiger partial charge in [0, 0.05) is 29.7 Å². The van der Waals surface area contributed by atoms with Gasteiger partial charge in [-0.05, 0) is 25.8 Å². The zero-order valence-electron chi connectivity index (χ0n) is 11.5. The molecule has 0 radical (unpaired) electrons. The lowest BCUT2D eigenvalue weighted by molar-refractivity contribution is -0.131. The molecule has 1 saturated heterocycles. The van der Waals surface area contributed by atoms with Crippen molar-refractivity contribution in [2.24, 2.45) is 0 Å². The molecular formula is C12H17N3O4S2. The summed E-state index contributed by atoms with van der Waals surface area (Å²) in [6, 6.07) is -0.0254. The molecule has 2 N–H and O–H groups in total. The number of carboxylic acids is 1. The van der Waals surface area contributed by atoms with Gasteiger partial charge in [-0.1, -0.05) is 17.8 Å². The number of nitrogens with zero attached hydrogens (tertiary/aromatic N) is 2. The van der Waals surface area contributed by atoms with Crippen molar-refractivity contribution >= 4 is 38.7 Å². The summed E-state index contributed by atoms with van der Waals surface area (Å²) in [6.45, 7) is 2.40. The van der Waals surface area contributed by atoms with Crippen LogP contribution in [0.5, 0.6) is 0 Å². The lowest BCUT2D eigenvalue weighted by atomic mass is 10.1. The number of aliphatic carboxylic acids is 1. The highest BCUT2D eigenvalue weighted by Gasteiger charge is 2.29. The average molecular weight is 331 g/mol. The molecule has 21 heavy (non-hydrogen) atoms. The molecular weight excluding hydrogens is 314 g/mol. The van der Waals surface area contributed by atoms with Gasteiger partial charge in [-0.2, -0.15) is 12.7 Å². The summed E-state index contributed by atoms with van der Waals surface area (Å²) >= 11 is 1.09. The monoisotopic (exact) mass is 331 g/mol. The molecule has 0 amide bonds. The first-order valence-corrected chi connectivity index (χ1v) is 8.80. The van der Waals surface area contributed by atoms with Crippen LogP contribution in [0.2, 0.25) is 0 Å². The Hall–Kier alpha value is -1.45. The van der Waals surface area contributed by atoms with E-state index in [2.05, 4.69) is 9.71 Å². The molecule has 1 aromatic heterocycles. The summed E-state index contributed by atoms with van der Waals surface area (Å²) in [4.78, 5) is 15.0. The maximum absolute atomic E-state index is 12.3. The van der Waals surface area contributed by atoms with Crippen LogP contribution in [0.25, 0.3) is 6.08 Å². The maximum atomic E-state index is 12.3.